The normalized spacial score (nSPS) is 16.8. The van der Waals surface area contributed by atoms with Crippen LogP contribution in [-0.4, -0.2) is 17.0 Å². The molecule has 0 unspecified atom stereocenters. The number of halogens is 1. The van der Waals surface area contributed by atoms with Crippen LogP contribution in [0.2, 0.25) is 5.02 Å². The summed E-state index contributed by atoms with van der Waals surface area (Å²) in [6, 6.07) is 6.63. The van der Waals surface area contributed by atoms with Crippen LogP contribution in [0, 0.1) is 0 Å². The van der Waals surface area contributed by atoms with Gasteiger partial charge in [-0.1, -0.05) is 11.6 Å². The van der Waals surface area contributed by atoms with E-state index in [1.807, 2.05) is 0 Å². The first-order chi connectivity index (χ1) is 8.54. The van der Waals surface area contributed by atoms with E-state index in [-0.39, 0.29) is 10.1 Å². The highest BCUT2D eigenvalue weighted by Gasteiger charge is 2.20. The molecule has 0 bridgehead atoms. The molecule has 0 aromatic heterocycles. The van der Waals surface area contributed by atoms with Gasteiger partial charge in [0.1, 0.15) is 0 Å². The van der Waals surface area contributed by atoms with E-state index < -0.39 is 11.8 Å². The maximum Gasteiger partial charge on any atom is 0.286 e. The van der Waals surface area contributed by atoms with Crippen molar-refractivity contribution in [3.63, 3.8) is 0 Å². The maximum atomic E-state index is 11.6. The Morgan fingerprint density at radius 2 is 2.06 bits per heavy atom. The summed E-state index contributed by atoms with van der Waals surface area (Å²) in [5.41, 5.74) is 5.95. The first-order valence-electron chi connectivity index (χ1n) is 4.89. The Balaban J connectivity index is 2.04. The molecule has 0 fully saturated rings. The number of carbonyl (C=O) groups is 2. The molecule has 1 heterocycles. The number of aliphatic imine (C=N–C) groups is 1. The van der Waals surface area contributed by atoms with Gasteiger partial charge in [0.15, 0.2) is 5.17 Å². The molecule has 0 atom stereocenters. The topological polar surface area (TPSA) is 84.5 Å². The fourth-order valence-electron chi connectivity index (χ4n) is 1.26. The molecule has 92 valence electrons. The number of benzene rings is 1. The minimum absolute atomic E-state index is 0.144. The smallest absolute Gasteiger partial charge is 0.286 e. The van der Waals surface area contributed by atoms with Crippen LogP contribution in [0.5, 0.6) is 0 Å². The first kappa shape index (κ1) is 12.7. The van der Waals surface area contributed by atoms with Crippen LogP contribution in [0.4, 0.5) is 5.69 Å². The summed E-state index contributed by atoms with van der Waals surface area (Å²) in [7, 11) is 0. The molecule has 0 aliphatic carbocycles. The molecule has 1 aliphatic heterocycles. The van der Waals surface area contributed by atoms with Crippen LogP contribution in [0.25, 0.3) is 0 Å². The number of anilines is 1. The number of nitrogens with zero attached hydrogens (tertiary/aromatic N) is 1. The van der Waals surface area contributed by atoms with Crippen LogP contribution in [0.1, 0.15) is 0 Å². The number of amides is 2. The highest BCUT2D eigenvalue weighted by molar-refractivity contribution is 8.18. The Kier molecular flexibility index (Phi) is 3.69. The summed E-state index contributed by atoms with van der Waals surface area (Å²) in [5.74, 6) is -0.915. The largest absolute Gasteiger partial charge is 0.378 e. The Morgan fingerprint density at radius 1 is 1.39 bits per heavy atom. The number of rotatable bonds is 2. The van der Waals surface area contributed by atoms with E-state index >= 15 is 0 Å². The Morgan fingerprint density at radius 3 is 2.61 bits per heavy atom. The molecule has 1 aliphatic rings. The van der Waals surface area contributed by atoms with E-state index in [4.69, 9.17) is 17.3 Å². The zero-order valence-electron chi connectivity index (χ0n) is 9.01. The molecular weight excluding hydrogens is 274 g/mol. The quantitative estimate of drug-likeness (QED) is 0.809. The van der Waals surface area contributed by atoms with Crippen molar-refractivity contribution in [3.8, 4) is 0 Å². The average molecular weight is 282 g/mol. The van der Waals surface area contributed by atoms with Gasteiger partial charge in [-0.3, -0.25) is 9.59 Å². The van der Waals surface area contributed by atoms with Crippen molar-refractivity contribution < 1.29 is 9.59 Å². The van der Waals surface area contributed by atoms with Crippen molar-refractivity contribution in [3.05, 3.63) is 40.3 Å². The number of hydrogen-bond donors (Lipinski definition) is 2. The predicted octanol–water partition coefficient (Wildman–Crippen LogP) is 1.75. The molecule has 3 N–H and O–H groups in total. The van der Waals surface area contributed by atoms with Crippen molar-refractivity contribution >= 4 is 46.0 Å². The third kappa shape index (κ3) is 3.12. The lowest BCUT2D eigenvalue weighted by Crippen LogP contribution is -2.09. The van der Waals surface area contributed by atoms with Gasteiger partial charge in [-0.05, 0) is 36.0 Å². The van der Waals surface area contributed by atoms with Crippen molar-refractivity contribution in [2.75, 3.05) is 5.32 Å². The second kappa shape index (κ2) is 5.24. The summed E-state index contributed by atoms with van der Waals surface area (Å²) in [4.78, 5) is 26.6. The van der Waals surface area contributed by atoms with Crippen LogP contribution in [0.15, 0.2) is 40.2 Å². The predicted molar refractivity (Wildman–Crippen MR) is 72.4 cm³/mol. The number of nitrogens with one attached hydrogen (secondary N) is 1. The van der Waals surface area contributed by atoms with Gasteiger partial charge >= 0.3 is 0 Å². The van der Waals surface area contributed by atoms with Gasteiger partial charge in [0.25, 0.3) is 5.91 Å². The molecule has 2 amide bonds. The first-order valence-corrected chi connectivity index (χ1v) is 6.08. The molecular formula is C11H8ClN3O2S. The highest BCUT2D eigenvalue weighted by atomic mass is 35.5. The molecule has 2 rings (SSSR count). The number of carbonyl (C=O) groups excluding carboxylic acids is 2. The summed E-state index contributed by atoms with van der Waals surface area (Å²) in [6.07, 6.45) is 1.17. The molecule has 0 saturated carbocycles. The van der Waals surface area contributed by atoms with Crippen molar-refractivity contribution in [2.24, 2.45) is 10.7 Å². The minimum atomic E-state index is -0.497. The fraction of sp³-hybridized carbons (Fsp3) is 0. The Bertz CT molecular complexity index is 566. The highest BCUT2D eigenvalue weighted by Crippen LogP contribution is 2.23. The molecule has 5 nitrogen and oxygen atoms in total. The molecule has 0 spiro atoms. The SMILES string of the molecule is NC1=NC(=O)/C(=C/C(=O)Nc2ccc(Cl)cc2)S1. The van der Waals surface area contributed by atoms with E-state index in [2.05, 4.69) is 10.3 Å². The van der Waals surface area contributed by atoms with Gasteiger partial charge in [-0.2, -0.15) is 4.99 Å². The zero-order valence-corrected chi connectivity index (χ0v) is 10.6. The number of hydrogen-bond acceptors (Lipinski definition) is 4. The fourth-order valence-corrected chi connectivity index (χ4v) is 2.03. The van der Waals surface area contributed by atoms with Gasteiger partial charge < -0.3 is 11.1 Å². The summed E-state index contributed by atoms with van der Waals surface area (Å²) >= 11 is 6.69. The molecule has 0 radical (unpaired) electrons. The van der Waals surface area contributed by atoms with Gasteiger partial charge in [-0.15, -0.1) is 0 Å². The van der Waals surface area contributed by atoms with E-state index in [1.165, 1.54) is 6.08 Å². The second-order valence-corrected chi connectivity index (χ2v) is 4.86. The molecule has 1 aromatic rings. The van der Waals surface area contributed by atoms with E-state index in [0.29, 0.717) is 10.7 Å². The third-order valence-corrected chi connectivity index (χ3v) is 3.08. The molecule has 7 heteroatoms. The minimum Gasteiger partial charge on any atom is -0.378 e. The van der Waals surface area contributed by atoms with Crippen LogP contribution < -0.4 is 11.1 Å². The number of amidine groups is 1. The second-order valence-electron chi connectivity index (χ2n) is 3.36. The Hall–Kier alpha value is -1.79. The molecule has 18 heavy (non-hydrogen) atoms. The van der Waals surface area contributed by atoms with E-state index in [1.54, 1.807) is 24.3 Å². The van der Waals surface area contributed by atoms with Crippen LogP contribution in [-0.2, 0) is 9.59 Å². The molecule has 0 saturated heterocycles. The summed E-state index contributed by atoms with van der Waals surface area (Å²) < 4.78 is 0. The van der Waals surface area contributed by atoms with Crippen LogP contribution in [0.3, 0.4) is 0 Å². The Labute approximate surface area is 112 Å². The molecule has 1 aromatic carbocycles. The van der Waals surface area contributed by atoms with Crippen molar-refractivity contribution in [1.82, 2.24) is 0 Å². The zero-order chi connectivity index (χ0) is 13.1. The lowest BCUT2D eigenvalue weighted by molar-refractivity contribution is -0.115. The van der Waals surface area contributed by atoms with Crippen molar-refractivity contribution in [1.29, 1.82) is 0 Å². The monoisotopic (exact) mass is 281 g/mol. The summed E-state index contributed by atoms with van der Waals surface area (Å²) in [5, 5.41) is 3.32. The lowest BCUT2D eigenvalue weighted by atomic mass is 10.3. The number of nitrogens with two attached hydrogens (primary N) is 1. The van der Waals surface area contributed by atoms with Crippen molar-refractivity contribution in [2.45, 2.75) is 0 Å². The average Bonchev–Trinajstić information content (AvgIpc) is 2.61. The maximum absolute atomic E-state index is 11.6. The standard InChI is InChI=1S/C11H8ClN3O2S/c12-6-1-3-7(4-2-6)14-9(16)5-8-10(17)15-11(13)18-8/h1-5H,(H,14,16)(H2,13,15,17)/b8-5-. The van der Waals surface area contributed by atoms with E-state index in [9.17, 15) is 9.59 Å². The third-order valence-electron chi connectivity index (χ3n) is 2.01. The van der Waals surface area contributed by atoms with Crippen LogP contribution >= 0.6 is 23.4 Å². The lowest BCUT2D eigenvalue weighted by Gasteiger charge is -2.02. The van der Waals surface area contributed by atoms with Gasteiger partial charge in [0.2, 0.25) is 5.91 Å². The van der Waals surface area contributed by atoms with Gasteiger partial charge in [-0.25, -0.2) is 0 Å². The van der Waals surface area contributed by atoms with Gasteiger partial charge in [0, 0.05) is 16.8 Å². The van der Waals surface area contributed by atoms with E-state index in [0.717, 1.165) is 11.8 Å². The summed E-state index contributed by atoms with van der Waals surface area (Å²) in [6.45, 7) is 0. The number of thioether (sulfide) groups is 1. The van der Waals surface area contributed by atoms with Gasteiger partial charge in [0.05, 0.1) is 4.91 Å².